The Morgan fingerprint density at radius 3 is 1.55 bits per heavy atom. The van der Waals surface area contributed by atoms with Crippen LogP contribution in [0.5, 0.6) is 0 Å². The predicted molar refractivity (Wildman–Crippen MR) is 116 cm³/mol. The van der Waals surface area contributed by atoms with Gasteiger partial charge in [0.25, 0.3) is 0 Å². The highest BCUT2D eigenvalue weighted by Gasteiger charge is 2.05. The van der Waals surface area contributed by atoms with E-state index >= 15 is 0 Å². The van der Waals surface area contributed by atoms with E-state index in [4.69, 9.17) is 24.1 Å². The van der Waals surface area contributed by atoms with Crippen LogP contribution in [0.3, 0.4) is 0 Å². The number of carbonyl (C=O) groups is 2. The van der Waals surface area contributed by atoms with Crippen molar-refractivity contribution in [3.8, 4) is 0 Å². The van der Waals surface area contributed by atoms with E-state index in [1.54, 1.807) is 0 Å². The van der Waals surface area contributed by atoms with Crippen LogP contribution in [0.4, 0.5) is 0 Å². The molecule has 0 heterocycles. The predicted octanol–water partition coefficient (Wildman–Crippen LogP) is 3.88. The maximum absolute atomic E-state index is 11.2. The Bertz CT molecular complexity index is 380. The van der Waals surface area contributed by atoms with Gasteiger partial charge in [-0.2, -0.15) is 12.6 Å². The van der Waals surface area contributed by atoms with Gasteiger partial charge in [0.05, 0.1) is 45.9 Å². The monoisotopic (exact) mass is 436 g/mol. The molecule has 0 radical (unpaired) electrons. The van der Waals surface area contributed by atoms with Crippen LogP contribution in [-0.2, 0) is 28.5 Å². The van der Waals surface area contributed by atoms with E-state index in [-0.39, 0.29) is 26.1 Å². The van der Waals surface area contributed by atoms with Crippen molar-refractivity contribution >= 4 is 24.6 Å². The van der Waals surface area contributed by atoms with Crippen molar-refractivity contribution < 1.29 is 33.6 Å². The Balaban J connectivity index is 3.08. The Kier molecular flexibility index (Phi) is 22.8. The first-order valence-corrected chi connectivity index (χ1v) is 11.5. The van der Waals surface area contributed by atoms with Gasteiger partial charge in [-0.15, -0.1) is 0 Å². The van der Waals surface area contributed by atoms with Crippen molar-refractivity contribution in [2.24, 2.45) is 0 Å². The molecule has 0 aliphatic rings. The molecule has 0 aromatic heterocycles. The van der Waals surface area contributed by atoms with Crippen LogP contribution in [0, 0.1) is 0 Å². The normalized spacial score (nSPS) is 10.9. The number of ether oxygens (including phenoxy) is 4. The van der Waals surface area contributed by atoms with Gasteiger partial charge >= 0.3 is 11.9 Å². The number of rotatable bonds is 23. The molecule has 0 aliphatic heterocycles. The quantitative estimate of drug-likeness (QED) is 0.143. The van der Waals surface area contributed by atoms with E-state index in [0.717, 1.165) is 18.8 Å². The summed E-state index contributed by atoms with van der Waals surface area (Å²) in [4.78, 5) is 21.5. The molecule has 0 saturated heterocycles. The maximum Gasteiger partial charge on any atom is 0.306 e. The van der Waals surface area contributed by atoms with Crippen molar-refractivity contribution in [3.05, 3.63) is 0 Å². The average molecular weight is 437 g/mol. The van der Waals surface area contributed by atoms with Gasteiger partial charge in [0, 0.05) is 6.61 Å². The number of carboxylic acids is 1. The third kappa shape index (κ3) is 25.1. The third-order valence-electron chi connectivity index (χ3n) is 4.22. The van der Waals surface area contributed by atoms with Crippen molar-refractivity contribution in [1.82, 2.24) is 0 Å². The van der Waals surface area contributed by atoms with Crippen molar-refractivity contribution in [2.75, 3.05) is 52.0 Å². The lowest BCUT2D eigenvalue weighted by atomic mass is 10.1. The van der Waals surface area contributed by atoms with E-state index < -0.39 is 11.9 Å². The van der Waals surface area contributed by atoms with Gasteiger partial charge in [-0.1, -0.05) is 44.9 Å². The molecule has 0 spiro atoms. The Labute approximate surface area is 181 Å². The molecular formula is C21H40O7S. The minimum absolute atomic E-state index is 0.116. The number of esters is 1. The second kappa shape index (κ2) is 23.4. The highest BCUT2D eigenvalue weighted by Crippen LogP contribution is 2.10. The minimum Gasteiger partial charge on any atom is -0.481 e. The molecule has 29 heavy (non-hydrogen) atoms. The zero-order valence-electron chi connectivity index (χ0n) is 17.8. The fourth-order valence-corrected chi connectivity index (χ4v) is 2.81. The topological polar surface area (TPSA) is 91.3 Å². The largest absolute Gasteiger partial charge is 0.481 e. The molecule has 0 amide bonds. The van der Waals surface area contributed by atoms with Crippen molar-refractivity contribution in [2.45, 2.75) is 70.6 Å². The molecule has 8 heteroatoms. The van der Waals surface area contributed by atoms with E-state index in [1.807, 2.05) is 0 Å². The van der Waals surface area contributed by atoms with Crippen LogP contribution in [0.2, 0.25) is 0 Å². The Morgan fingerprint density at radius 2 is 1.03 bits per heavy atom. The zero-order valence-corrected chi connectivity index (χ0v) is 18.7. The Morgan fingerprint density at radius 1 is 0.586 bits per heavy atom. The van der Waals surface area contributed by atoms with Crippen molar-refractivity contribution in [3.63, 3.8) is 0 Å². The third-order valence-corrected chi connectivity index (χ3v) is 4.54. The van der Waals surface area contributed by atoms with Gasteiger partial charge in [0.15, 0.2) is 0 Å². The summed E-state index contributed by atoms with van der Waals surface area (Å²) >= 11 is 4.22. The molecule has 0 unspecified atom stereocenters. The second-order valence-corrected chi connectivity index (χ2v) is 7.30. The summed E-state index contributed by atoms with van der Waals surface area (Å²) in [7, 11) is 0. The van der Waals surface area contributed by atoms with E-state index in [2.05, 4.69) is 12.6 Å². The lowest BCUT2D eigenvalue weighted by Crippen LogP contribution is -2.14. The number of hydrogen-bond acceptors (Lipinski definition) is 7. The lowest BCUT2D eigenvalue weighted by Gasteiger charge is -2.07. The van der Waals surface area contributed by atoms with Crippen LogP contribution in [-0.4, -0.2) is 69.0 Å². The average Bonchev–Trinajstić information content (AvgIpc) is 2.70. The molecule has 0 aliphatic carbocycles. The van der Waals surface area contributed by atoms with E-state index in [9.17, 15) is 9.59 Å². The van der Waals surface area contributed by atoms with E-state index in [0.29, 0.717) is 26.4 Å². The first kappa shape index (κ1) is 28.2. The zero-order chi connectivity index (χ0) is 21.4. The maximum atomic E-state index is 11.2. The molecule has 0 saturated carbocycles. The molecule has 0 rings (SSSR count). The van der Waals surface area contributed by atoms with Crippen LogP contribution in [0.15, 0.2) is 0 Å². The standard InChI is InChI=1S/C21H40O7S/c22-20(23)10-11-21(24)28-18-17-27-16-15-26-14-13-25-12-8-6-4-2-1-3-5-7-9-19-29/h29H,1-19H2,(H,22,23). The number of thiol groups is 1. The molecule has 0 bridgehead atoms. The highest BCUT2D eigenvalue weighted by molar-refractivity contribution is 7.80. The number of aliphatic carboxylic acids is 1. The molecule has 0 aromatic rings. The fourth-order valence-electron chi connectivity index (χ4n) is 2.59. The number of unbranched alkanes of at least 4 members (excludes halogenated alkanes) is 8. The van der Waals surface area contributed by atoms with Gasteiger partial charge < -0.3 is 24.1 Å². The Hall–Kier alpha value is -0.830. The van der Waals surface area contributed by atoms with Gasteiger partial charge in [-0.3, -0.25) is 9.59 Å². The molecular weight excluding hydrogens is 396 g/mol. The first-order chi connectivity index (χ1) is 14.2. The van der Waals surface area contributed by atoms with Gasteiger partial charge in [0.1, 0.15) is 6.61 Å². The van der Waals surface area contributed by atoms with Crippen LogP contribution < -0.4 is 0 Å². The summed E-state index contributed by atoms with van der Waals surface area (Å²) in [5, 5.41) is 8.45. The summed E-state index contributed by atoms with van der Waals surface area (Å²) < 4.78 is 21.0. The van der Waals surface area contributed by atoms with E-state index in [1.165, 1.54) is 51.4 Å². The van der Waals surface area contributed by atoms with Gasteiger partial charge in [-0.25, -0.2) is 0 Å². The minimum atomic E-state index is -1.01. The fraction of sp³-hybridized carbons (Fsp3) is 0.905. The summed E-state index contributed by atoms with van der Waals surface area (Å²) in [6.07, 6.45) is 11.2. The van der Waals surface area contributed by atoms with Gasteiger partial charge in [0.2, 0.25) is 0 Å². The second-order valence-electron chi connectivity index (χ2n) is 6.86. The van der Waals surface area contributed by atoms with Gasteiger partial charge in [-0.05, 0) is 18.6 Å². The summed E-state index contributed by atoms with van der Waals surface area (Å²) in [5.41, 5.74) is 0. The van der Waals surface area contributed by atoms with Crippen LogP contribution >= 0.6 is 12.6 Å². The molecule has 1 N–H and O–H groups in total. The van der Waals surface area contributed by atoms with Crippen LogP contribution in [0.25, 0.3) is 0 Å². The summed E-state index contributed by atoms with van der Waals surface area (Å²) in [5.74, 6) is -0.527. The first-order valence-electron chi connectivity index (χ1n) is 10.9. The molecule has 172 valence electrons. The number of hydrogen-bond donors (Lipinski definition) is 2. The highest BCUT2D eigenvalue weighted by atomic mass is 32.1. The van der Waals surface area contributed by atoms with Crippen molar-refractivity contribution in [1.29, 1.82) is 0 Å². The number of carboxylic acid groups (broad SMARTS) is 1. The summed E-state index contributed by atoms with van der Waals surface area (Å²) in [6.45, 7) is 3.19. The molecule has 0 fully saturated rings. The molecule has 0 aromatic carbocycles. The molecule has 0 atom stereocenters. The smallest absolute Gasteiger partial charge is 0.306 e. The summed E-state index contributed by atoms with van der Waals surface area (Å²) in [6, 6.07) is 0. The lowest BCUT2D eigenvalue weighted by molar-refractivity contribution is -0.149. The molecule has 7 nitrogen and oxygen atoms in total. The SMILES string of the molecule is O=C(O)CCC(=O)OCCOCCOCCOCCCCCCCCCCCS. The number of carbonyl (C=O) groups excluding carboxylic acids is 1. The van der Waals surface area contributed by atoms with Crippen LogP contribution in [0.1, 0.15) is 70.6 Å².